The minimum absolute atomic E-state index is 0.0109. The van der Waals surface area contributed by atoms with Gasteiger partial charge in [0.1, 0.15) is 5.82 Å². The molecule has 19 heavy (non-hydrogen) atoms. The van der Waals surface area contributed by atoms with E-state index in [9.17, 15) is 10.1 Å². The van der Waals surface area contributed by atoms with Crippen molar-refractivity contribution in [2.24, 2.45) is 5.84 Å². The van der Waals surface area contributed by atoms with Crippen LogP contribution in [0.4, 0.5) is 17.3 Å². The summed E-state index contributed by atoms with van der Waals surface area (Å²) in [6.45, 7) is 0. The molecule has 1 saturated carbocycles. The summed E-state index contributed by atoms with van der Waals surface area (Å²) in [5, 5.41) is 14.2. The predicted octanol–water partition coefficient (Wildman–Crippen LogP) is 2.41. The highest BCUT2D eigenvalue weighted by atomic mass is 16.6. The second-order valence-electron chi connectivity index (χ2n) is 4.80. The Bertz CT molecular complexity index is 444. The Morgan fingerprint density at radius 2 is 1.95 bits per heavy atom. The average Bonchev–Trinajstić information content (AvgIpc) is 2.67. The number of nitrogens with one attached hydrogen (secondary N) is 2. The minimum atomic E-state index is -0.424. The molecule has 1 heterocycles. The zero-order valence-electron chi connectivity index (χ0n) is 10.8. The Balaban J connectivity index is 2.18. The van der Waals surface area contributed by atoms with Gasteiger partial charge in [0.25, 0.3) is 0 Å². The Hall–Kier alpha value is -1.89. The molecule has 7 heteroatoms. The summed E-state index contributed by atoms with van der Waals surface area (Å²) in [6, 6.07) is 3.17. The van der Waals surface area contributed by atoms with Gasteiger partial charge >= 0.3 is 5.69 Å². The van der Waals surface area contributed by atoms with Crippen LogP contribution in [0.1, 0.15) is 38.5 Å². The highest BCUT2D eigenvalue weighted by molar-refractivity contribution is 5.60. The first kappa shape index (κ1) is 13.5. The van der Waals surface area contributed by atoms with Gasteiger partial charge in [0.05, 0.1) is 4.92 Å². The van der Waals surface area contributed by atoms with Crippen molar-refractivity contribution in [3.8, 4) is 0 Å². The van der Waals surface area contributed by atoms with Crippen molar-refractivity contribution < 1.29 is 4.92 Å². The van der Waals surface area contributed by atoms with Gasteiger partial charge in [-0.15, -0.1) is 0 Å². The van der Waals surface area contributed by atoms with Gasteiger partial charge in [-0.05, 0) is 18.9 Å². The van der Waals surface area contributed by atoms with Crippen molar-refractivity contribution in [2.75, 3.05) is 10.7 Å². The Morgan fingerprint density at radius 1 is 1.26 bits per heavy atom. The van der Waals surface area contributed by atoms with E-state index in [0.717, 1.165) is 25.7 Å². The molecular formula is C12H19N5O2. The van der Waals surface area contributed by atoms with Gasteiger partial charge in [0, 0.05) is 12.1 Å². The van der Waals surface area contributed by atoms with Crippen LogP contribution >= 0.6 is 0 Å². The first-order chi connectivity index (χ1) is 9.20. The third-order valence-electron chi connectivity index (χ3n) is 3.41. The third-order valence-corrected chi connectivity index (χ3v) is 3.41. The molecular weight excluding hydrogens is 246 g/mol. The van der Waals surface area contributed by atoms with Crippen LogP contribution in [0.5, 0.6) is 0 Å². The smallest absolute Gasteiger partial charge is 0.311 e. The average molecular weight is 265 g/mol. The molecule has 1 aromatic heterocycles. The van der Waals surface area contributed by atoms with Crippen LogP contribution in [0, 0.1) is 10.1 Å². The van der Waals surface area contributed by atoms with Crippen LogP contribution in [0.2, 0.25) is 0 Å². The van der Waals surface area contributed by atoms with Crippen molar-refractivity contribution >= 4 is 17.3 Å². The van der Waals surface area contributed by atoms with E-state index in [-0.39, 0.29) is 11.7 Å². The molecule has 1 aliphatic carbocycles. The summed E-state index contributed by atoms with van der Waals surface area (Å²) >= 11 is 0. The van der Waals surface area contributed by atoms with Gasteiger partial charge in [0.2, 0.25) is 5.82 Å². The summed E-state index contributed by atoms with van der Waals surface area (Å²) in [5.41, 5.74) is 2.40. The molecule has 0 radical (unpaired) electrons. The van der Waals surface area contributed by atoms with Crippen molar-refractivity contribution in [3.63, 3.8) is 0 Å². The van der Waals surface area contributed by atoms with Crippen molar-refractivity contribution in [1.29, 1.82) is 0 Å². The van der Waals surface area contributed by atoms with Gasteiger partial charge in [-0.2, -0.15) is 0 Å². The van der Waals surface area contributed by atoms with E-state index in [4.69, 9.17) is 5.84 Å². The lowest BCUT2D eigenvalue weighted by Crippen LogP contribution is -2.20. The van der Waals surface area contributed by atoms with Crippen LogP contribution < -0.4 is 16.6 Å². The normalized spacial score (nSPS) is 16.7. The lowest BCUT2D eigenvalue weighted by Gasteiger charge is -2.17. The Kier molecular flexibility index (Phi) is 4.51. The summed E-state index contributed by atoms with van der Waals surface area (Å²) < 4.78 is 0. The Labute approximate surface area is 111 Å². The van der Waals surface area contributed by atoms with Gasteiger partial charge in [-0.1, -0.05) is 25.7 Å². The summed E-state index contributed by atoms with van der Waals surface area (Å²) in [7, 11) is 0. The molecule has 0 unspecified atom stereocenters. The van der Waals surface area contributed by atoms with Crippen molar-refractivity contribution in [2.45, 2.75) is 44.6 Å². The molecule has 0 atom stereocenters. The molecule has 7 nitrogen and oxygen atoms in total. The fraction of sp³-hybridized carbons (Fsp3) is 0.583. The second kappa shape index (κ2) is 6.33. The van der Waals surface area contributed by atoms with E-state index >= 15 is 0 Å². The maximum atomic E-state index is 11.0. The number of aromatic nitrogens is 1. The molecule has 1 fully saturated rings. The van der Waals surface area contributed by atoms with Crippen molar-refractivity contribution in [3.05, 3.63) is 22.2 Å². The number of nitrogens with zero attached hydrogens (tertiary/aromatic N) is 2. The molecule has 1 aliphatic rings. The summed E-state index contributed by atoms with van der Waals surface area (Å²) in [4.78, 5) is 14.7. The molecule has 0 aliphatic heterocycles. The maximum Gasteiger partial charge on any atom is 0.311 e. The number of hydrogen-bond acceptors (Lipinski definition) is 6. The van der Waals surface area contributed by atoms with Gasteiger partial charge in [-0.3, -0.25) is 10.1 Å². The highest BCUT2D eigenvalue weighted by Crippen LogP contribution is 2.27. The number of nitro groups is 1. The van der Waals surface area contributed by atoms with E-state index in [1.807, 2.05) is 0 Å². The number of hydrogen-bond donors (Lipinski definition) is 3. The fourth-order valence-electron chi connectivity index (χ4n) is 2.40. The minimum Gasteiger partial charge on any atom is -0.362 e. The molecule has 0 saturated heterocycles. The standard InChI is InChI=1S/C12H19N5O2/c13-16-11-8-7-10(17(18)19)12(15-11)14-9-5-3-1-2-4-6-9/h7-9H,1-6,13H2,(H2,14,15,16). The zero-order valence-corrected chi connectivity index (χ0v) is 10.8. The van der Waals surface area contributed by atoms with E-state index < -0.39 is 4.92 Å². The SMILES string of the molecule is NNc1ccc([N+](=O)[O-])c(NC2CCCCCC2)n1. The molecule has 0 aromatic carbocycles. The molecule has 0 bridgehead atoms. The van der Waals surface area contributed by atoms with E-state index in [1.165, 1.54) is 25.0 Å². The lowest BCUT2D eigenvalue weighted by atomic mass is 10.1. The van der Waals surface area contributed by atoms with Crippen molar-refractivity contribution in [1.82, 2.24) is 4.98 Å². The number of pyridine rings is 1. The maximum absolute atomic E-state index is 11.0. The first-order valence-electron chi connectivity index (χ1n) is 6.59. The van der Waals surface area contributed by atoms with Gasteiger partial charge in [-0.25, -0.2) is 10.8 Å². The molecule has 0 amide bonds. The first-order valence-corrected chi connectivity index (χ1v) is 6.59. The van der Waals surface area contributed by atoms with Gasteiger partial charge < -0.3 is 10.7 Å². The third kappa shape index (κ3) is 3.54. The highest BCUT2D eigenvalue weighted by Gasteiger charge is 2.20. The molecule has 0 spiro atoms. The molecule has 104 valence electrons. The largest absolute Gasteiger partial charge is 0.362 e. The van der Waals surface area contributed by atoms with Crippen LogP contribution in [0.15, 0.2) is 12.1 Å². The predicted molar refractivity (Wildman–Crippen MR) is 73.8 cm³/mol. The number of hydrazine groups is 1. The fourth-order valence-corrected chi connectivity index (χ4v) is 2.40. The topological polar surface area (TPSA) is 106 Å². The number of nitrogens with two attached hydrogens (primary N) is 1. The number of rotatable bonds is 4. The number of nitrogen functional groups attached to an aromatic ring is 1. The van der Waals surface area contributed by atoms with E-state index in [1.54, 1.807) is 0 Å². The van der Waals surface area contributed by atoms with Gasteiger partial charge in [0.15, 0.2) is 0 Å². The van der Waals surface area contributed by atoms with Crippen LogP contribution in [-0.2, 0) is 0 Å². The van der Waals surface area contributed by atoms with Crippen LogP contribution in [-0.4, -0.2) is 15.9 Å². The molecule has 2 rings (SSSR count). The van der Waals surface area contributed by atoms with E-state index in [2.05, 4.69) is 15.7 Å². The second-order valence-corrected chi connectivity index (χ2v) is 4.80. The summed E-state index contributed by atoms with van der Waals surface area (Å²) in [5.74, 6) is 6.01. The van der Waals surface area contributed by atoms with E-state index in [0.29, 0.717) is 11.6 Å². The quantitative estimate of drug-likeness (QED) is 0.334. The van der Waals surface area contributed by atoms with Crippen LogP contribution in [0.3, 0.4) is 0 Å². The monoisotopic (exact) mass is 265 g/mol. The van der Waals surface area contributed by atoms with Crippen LogP contribution in [0.25, 0.3) is 0 Å². The lowest BCUT2D eigenvalue weighted by molar-refractivity contribution is -0.384. The summed E-state index contributed by atoms with van der Waals surface area (Å²) in [6.07, 6.45) is 6.83. The number of anilines is 2. The molecule has 1 aromatic rings. The molecule has 4 N–H and O–H groups in total. The Morgan fingerprint density at radius 3 is 2.53 bits per heavy atom. The zero-order chi connectivity index (χ0) is 13.7.